The summed E-state index contributed by atoms with van der Waals surface area (Å²) in [5, 5.41) is 10.5. The first kappa shape index (κ1) is 25.4. The largest absolute Gasteiger partial charge is 0.493 e. The maximum absolute atomic E-state index is 13.1. The number of carbonyl (C=O) groups is 2. The molecule has 11 heteroatoms. The molecule has 0 atom stereocenters. The maximum Gasteiger partial charge on any atom is 0.293 e. The molecule has 3 aromatic carbocycles. The highest BCUT2D eigenvalue weighted by Crippen LogP contribution is 2.38. The van der Waals surface area contributed by atoms with E-state index < -0.39 is 16.1 Å². The molecule has 36 heavy (non-hydrogen) atoms. The number of thioether (sulfide) groups is 1. The molecular weight excluding hydrogens is 555 g/mol. The van der Waals surface area contributed by atoms with Crippen molar-refractivity contribution in [1.29, 1.82) is 0 Å². The molecule has 0 aromatic heterocycles. The van der Waals surface area contributed by atoms with Crippen LogP contribution in [0.2, 0.25) is 0 Å². The molecule has 0 bridgehead atoms. The first-order valence-corrected chi connectivity index (χ1v) is 12.1. The van der Waals surface area contributed by atoms with Gasteiger partial charge >= 0.3 is 0 Å². The summed E-state index contributed by atoms with van der Waals surface area (Å²) in [6.45, 7) is 0.114. The van der Waals surface area contributed by atoms with E-state index in [4.69, 9.17) is 9.47 Å². The van der Waals surface area contributed by atoms with Crippen LogP contribution in [0.15, 0.2) is 70.0 Å². The van der Waals surface area contributed by atoms with Crippen LogP contribution in [0.25, 0.3) is 6.08 Å². The smallest absolute Gasteiger partial charge is 0.293 e. The normalized spacial score (nSPS) is 14.4. The SMILES string of the molecule is COc1cc(/C=C2/SC(=O)N(Cc3cccc([N+](=O)[O-])c3)C2=O)c(Br)cc1OCc1ccc(F)cc1. The van der Waals surface area contributed by atoms with E-state index in [0.717, 1.165) is 22.2 Å². The number of methoxy groups -OCH3 is 1. The van der Waals surface area contributed by atoms with Crippen LogP contribution >= 0.6 is 27.7 Å². The number of hydrogen-bond acceptors (Lipinski definition) is 7. The summed E-state index contributed by atoms with van der Waals surface area (Å²) >= 11 is 4.25. The fourth-order valence-electron chi connectivity index (χ4n) is 3.40. The molecule has 0 N–H and O–H groups in total. The van der Waals surface area contributed by atoms with Crippen LogP contribution in [0.1, 0.15) is 16.7 Å². The van der Waals surface area contributed by atoms with E-state index >= 15 is 0 Å². The van der Waals surface area contributed by atoms with E-state index in [1.807, 2.05) is 0 Å². The Morgan fingerprint density at radius 2 is 1.83 bits per heavy atom. The number of imide groups is 1. The summed E-state index contributed by atoms with van der Waals surface area (Å²) in [7, 11) is 1.48. The van der Waals surface area contributed by atoms with Crippen molar-refractivity contribution in [3.8, 4) is 11.5 Å². The van der Waals surface area contributed by atoms with Crippen LogP contribution in [0.3, 0.4) is 0 Å². The number of nitro groups is 1. The van der Waals surface area contributed by atoms with Gasteiger partial charge in [-0.05, 0) is 58.8 Å². The molecule has 0 spiro atoms. The average molecular weight is 573 g/mol. The number of non-ortho nitro benzene ring substituents is 1. The predicted octanol–water partition coefficient (Wildman–Crippen LogP) is 6.32. The lowest BCUT2D eigenvalue weighted by Crippen LogP contribution is -2.27. The monoisotopic (exact) mass is 572 g/mol. The highest BCUT2D eigenvalue weighted by Gasteiger charge is 2.35. The van der Waals surface area contributed by atoms with Crippen molar-refractivity contribution >= 4 is 50.6 Å². The van der Waals surface area contributed by atoms with Crippen LogP contribution in [-0.2, 0) is 17.9 Å². The molecule has 184 valence electrons. The Kier molecular flexibility index (Phi) is 7.70. The molecule has 0 saturated carbocycles. The number of nitrogens with zero attached hydrogens (tertiary/aromatic N) is 2. The van der Waals surface area contributed by atoms with Crippen molar-refractivity contribution < 1.29 is 28.4 Å². The van der Waals surface area contributed by atoms with E-state index in [0.29, 0.717) is 27.1 Å². The quantitative estimate of drug-likeness (QED) is 0.177. The lowest BCUT2D eigenvalue weighted by molar-refractivity contribution is -0.384. The second-order valence-electron chi connectivity index (χ2n) is 7.63. The van der Waals surface area contributed by atoms with Gasteiger partial charge in [0.05, 0.1) is 23.5 Å². The number of halogens is 2. The highest BCUT2D eigenvalue weighted by atomic mass is 79.9. The Morgan fingerprint density at radius 3 is 2.53 bits per heavy atom. The molecule has 0 aliphatic carbocycles. The number of amides is 2. The lowest BCUT2D eigenvalue weighted by atomic mass is 10.1. The third-order valence-electron chi connectivity index (χ3n) is 5.21. The van der Waals surface area contributed by atoms with Gasteiger partial charge in [0, 0.05) is 16.6 Å². The Bertz CT molecular complexity index is 1380. The van der Waals surface area contributed by atoms with Crippen LogP contribution in [0, 0.1) is 15.9 Å². The predicted molar refractivity (Wildman–Crippen MR) is 136 cm³/mol. The topological polar surface area (TPSA) is 99.0 Å². The number of nitro benzene ring substituents is 1. The van der Waals surface area contributed by atoms with Gasteiger partial charge in [-0.15, -0.1) is 0 Å². The zero-order chi connectivity index (χ0) is 25.8. The van der Waals surface area contributed by atoms with E-state index in [2.05, 4.69) is 15.9 Å². The molecule has 1 aliphatic heterocycles. The van der Waals surface area contributed by atoms with Gasteiger partial charge in [-0.25, -0.2) is 4.39 Å². The lowest BCUT2D eigenvalue weighted by Gasteiger charge is -2.13. The van der Waals surface area contributed by atoms with Crippen LogP contribution < -0.4 is 9.47 Å². The van der Waals surface area contributed by atoms with Gasteiger partial charge in [-0.2, -0.15) is 0 Å². The summed E-state index contributed by atoms with van der Waals surface area (Å²) < 4.78 is 25.0. The number of rotatable bonds is 8. The van der Waals surface area contributed by atoms with Gasteiger partial charge in [-0.1, -0.05) is 40.2 Å². The molecule has 3 aromatic rings. The zero-order valence-corrected chi connectivity index (χ0v) is 21.2. The summed E-state index contributed by atoms with van der Waals surface area (Å²) in [5.74, 6) is 0.00365. The summed E-state index contributed by atoms with van der Waals surface area (Å²) in [5.41, 5.74) is 1.71. The minimum atomic E-state index is -0.533. The Morgan fingerprint density at radius 1 is 1.08 bits per heavy atom. The molecule has 1 saturated heterocycles. The standard InChI is InChI=1S/C25H18BrFN2O6S/c1-34-21-10-17(20(26)12-22(21)35-14-15-5-7-18(27)8-6-15)11-23-24(30)28(25(31)36-23)13-16-3-2-4-19(9-16)29(32)33/h2-12H,13-14H2,1H3/b23-11+. The van der Waals surface area contributed by atoms with Crippen molar-refractivity contribution in [3.63, 3.8) is 0 Å². The van der Waals surface area contributed by atoms with Gasteiger partial charge in [0.2, 0.25) is 0 Å². The molecule has 1 fully saturated rings. The van der Waals surface area contributed by atoms with Crippen molar-refractivity contribution in [3.05, 3.63) is 103 Å². The van der Waals surface area contributed by atoms with Crippen molar-refractivity contribution in [1.82, 2.24) is 4.90 Å². The fraction of sp³-hybridized carbons (Fsp3) is 0.120. The van der Waals surface area contributed by atoms with Crippen LogP contribution in [-0.4, -0.2) is 28.1 Å². The van der Waals surface area contributed by atoms with Gasteiger partial charge in [-0.3, -0.25) is 24.6 Å². The summed E-state index contributed by atoms with van der Waals surface area (Å²) in [6.07, 6.45) is 1.56. The second kappa shape index (κ2) is 10.9. The Hall–Kier alpha value is -3.70. The molecule has 0 unspecified atom stereocenters. The van der Waals surface area contributed by atoms with Gasteiger partial charge in [0.25, 0.3) is 16.8 Å². The Labute approximate surface area is 218 Å². The average Bonchev–Trinajstić information content (AvgIpc) is 3.12. The molecule has 2 amide bonds. The molecule has 0 radical (unpaired) electrons. The van der Waals surface area contributed by atoms with E-state index in [-0.39, 0.29) is 29.6 Å². The highest BCUT2D eigenvalue weighted by molar-refractivity contribution is 9.10. The third-order valence-corrected chi connectivity index (χ3v) is 6.81. The minimum Gasteiger partial charge on any atom is -0.493 e. The van der Waals surface area contributed by atoms with Gasteiger partial charge in [0.1, 0.15) is 12.4 Å². The molecule has 8 nitrogen and oxygen atoms in total. The summed E-state index contributed by atoms with van der Waals surface area (Å²) in [4.78, 5) is 37.2. The Balaban J connectivity index is 1.53. The molecule has 1 aliphatic rings. The van der Waals surface area contributed by atoms with Gasteiger partial charge < -0.3 is 9.47 Å². The van der Waals surface area contributed by atoms with E-state index in [1.165, 1.54) is 37.4 Å². The van der Waals surface area contributed by atoms with E-state index in [9.17, 15) is 24.1 Å². The van der Waals surface area contributed by atoms with Crippen molar-refractivity contribution in [2.45, 2.75) is 13.2 Å². The summed E-state index contributed by atoms with van der Waals surface area (Å²) in [6, 6.07) is 15.1. The first-order chi connectivity index (χ1) is 17.2. The van der Waals surface area contributed by atoms with Crippen molar-refractivity contribution in [2.24, 2.45) is 0 Å². The number of hydrogen-bond donors (Lipinski definition) is 0. The van der Waals surface area contributed by atoms with Crippen LogP contribution in [0.5, 0.6) is 11.5 Å². The minimum absolute atomic E-state index is 0.0790. The van der Waals surface area contributed by atoms with Gasteiger partial charge in [0.15, 0.2) is 11.5 Å². The fourth-order valence-corrected chi connectivity index (χ4v) is 4.67. The number of ether oxygens (including phenoxy) is 2. The molecule has 1 heterocycles. The third kappa shape index (κ3) is 5.74. The number of benzene rings is 3. The van der Waals surface area contributed by atoms with E-state index in [1.54, 1.807) is 36.4 Å². The van der Waals surface area contributed by atoms with Crippen LogP contribution in [0.4, 0.5) is 14.9 Å². The molecule has 4 rings (SSSR count). The van der Waals surface area contributed by atoms with Crippen molar-refractivity contribution in [2.75, 3.05) is 7.11 Å². The zero-order valence-electron chi connectivity index (χ0n) is 18.8. The maximum atomic E-state index is 13.1. The second-order valence-corrected chi connectivity index (χ2v) is 9.48. The first-order valence-electron chi connectivity index (χ1n) is 10.5. The molecular formula is C25H18BrFN2O6S. The number of carbonyl (C=O) groups excluding carboxylic acids is 2.